The van der Waals surface area contributed by atoms with Crippen LogP contribution in [0.4, 0.5) is 5.69 Å². The highest BCUT2D eigenvalue weighted by atomic mass is 32.1. The topological polar surface area (TPSA) is 71.2 Å². The number of anilines is 1. The van der Waals surface area contributed by atoms with E-state index < -0.39 is 0 Å². The smallest absolute Gasteiger partial charge is 0.265 e. The predicted octanol–water partition coefficient (Wildman–Crippen LogP) is 1.17. The Morgan fingerprint density at radius 2 is 2.39 bits per heavy atom. The van der Waals surface area contributed by atoms with E-state index in [2.05, 4.69) is 10.3 Å². The Hall–Kier alpha value is -1.66. The number of hydrogen-bond acceptors (Lipinski definition) is 5. The summed E-state index contributed by atoms with van der Waals surface area (Å²) in [4.78, 5) is 18.6. The number of nitrogens with one attached hydrogen (secondary N) is 1. The standard InChI is InChI=1S/C12H16N4OS/c1-14-5-6-16(2)12(17)11-10(13)8-3-4-15-7-9(8)18-11/h3-4,7,14H,5-6,13H2,1-2H3. The molecule has 0 spiro atoms. The average Bonchev–Trinajstić information content (AvgIpc) is 2.73. The quantitative estimate of drug-likeness (QED) is 0.869. The van der Waals surface area contributed by atoms with Gasteiger partial charge in [0, 0.05) is 37.9 Å². The highest BCUT2D eigenvalue weighted by molar-refractivity contribution is 7.21. The highest BCUT2D eigenvalue weighted by Gasteiger charge is 2.19. The van der Waals surface area contributed by atoms with Crippen molar-refractivity contribution in [3.05, 3.63) is 23.3 Å². The molecule has 96 valence electrons. The fourth-order valence-electron chi connectivity index (χ4n) is 1.68. The van der Waals surface area contributed by atoms with Gasteiger partial charge in [-0.1, -0.05) is 0 Å². The summed E-state index contributed by atoms with van der Waals surface area (Å²) in [6.45, 7) is 1.41. The van der Waals surface area contributed by atoms with E-state index in [0.717, 1.165) is 16.6 Å². The van der Waals surface area contributed by atoms with Crippen LogP contribution in [-0.4, -0.2) is 43.0 Å². The molecule has 2 rings (SSSR count). The predicted molar refractivity (Wildman–Crippen MR) is 74.9 cm³/mol. The third-order valence-electron chi connectivity index (χ3n) is 2.77. The fourth-order valence-corrected chi connectivity index (χ4v) is 2.77. The van der Waals surface area contributed by atoms with Gasteiger partial charge in [0.05, 0.1) is 10.4 Å². The molecular formula is C12H16N4OS. The zero-order valence-electron chi connectivity index (χ0n) is 10.4. The number of nitrogens with zero attached hydrogens (tertiary/aromatic N) is 2. The molecule has 0 bridgehead atoms. The molecule has 0 radical (unpaired) electrons. The Morgan fingerprint density at radius 3 is 3.06 bits per heavy atom. The van der Waals surface area contributed by atoms with Crippen LogP contribution < -0.4 is 11.1 Å². The number of nitrogens with two attached hydrogens (primary N) is 1. The number of carbonyl (C=O) groups excluding carboxylic acids is 1. The molecule has 0 aliphatic heterocycles. The van der Waals surface area contributed by atoms with E-state index in [4.69, 9.17) is 5.73 Å². The van der Waals surface area contributed by atoms with Gasteiger partial charge < -0.3 is 16.0 Å². The van der Waals surface area contributed by atoms with E-state index in [-0.39, 0.29) is 5.91 Å². The van der Waals surface area contributed by atoms with Crippen molar-refractivity contribution < 1.29 is 4.79 Å². The SMILES string of the molecule is CNCCN(C)C(=O)c1sc2cnccc2c1N. The van der Waals surface area contributed by atoms with Gasteiger partial charge in [-0.05, 0) is 13.1 Å². The molecular weight excluding hydrogens is 248 g/mol. The van der Waals surface area contributed by atoms with Crippen LogP contribution in [0.2, 0.25) is 0 Å². The average molecular weight is 264 g/mol. The lowest BCUT2D eigenvalue weighted by atomic mass is 10.2. The number of aromatic nitrogens is 1. The number of pyridine rings is 1. The summed E-state index contributed by atoms with van der Waals surface area (Å²) in [5, 5.41) is 3.92. The fraction of sp³-hybridized carbons (Fsp3) is 0.333. The minimum absolute atomic E-state index is 0.0380. The van der Waals surface area contributed by atoms with Crippen molar-refractivity contribution in [3.8, 4) is 0 Å². The summed E-state index contributed by atoms with van der Waals surface area (Å²) >= 11 is 1.39. The Bertz CT molecular complexity index is 566. The molecule has 2 aromatic rings. The zero-order valence-corrected chi connectivity index (χ0v) is 11.3. The molecule has 0 aliphatic carbocycles. The largest absolute Gasteiger partial charge is 0.397 e. The van der Waals surface area contributed by atoms with Crippen LogP contribution in [0, 0.1) is 0 Å². The Morgan fingerprint density at radius 1 is 1.61 bits per heavy atom. The lowest BCUT2D eigenvalue weighted by Crippen LogP contribution is -2.32. The van der Waals surface area contributed by atoms with Gasteiger partial charge in [0.1, 0.15) is 4.88 Å². The first-order chi connectivity index (χ1) is 8.65. The van der Waals surface area contributed by atoms with Crippen LogP contribution in [0.15, 0.2) is 18.5 Å². The number of thiophene rings is 1. The Kier molecular flexibility index (Phi) is 3.78. The van der Waals surface area contributed by atoms with Gasteiger partial charge in [0.2, 0.25) is 0 Å². The van der Waals surface area contributed by atoms with Gasteiger partial charge in [-0.3, -0.25) is 9.78 Å². The summed E-state index contributed by atoms with van der Waals surface area (Å²) in [7, 11) is 3.64. The van der Waals surface area contributed by atoms with Crippen molar-refractivity contribution in [3.63, 3.8) is 0 Å². The molecule has 2 aromatic heterocycles. The maximum Gasteiger partial charge on any atom is 0.265 e. The molecule has 0 atom stereocenters. The molecule has 0 unspecified atom stereocenters. The van der Waals surface area contributed by atoms with Crippen LogP contribution in [-0.2, 0) is 0 Å². The second-order valence-corrected chi connectivity index (χ2v) is 5.10. The van der Waals surface area contributed by atoms with E-state index >= 15 is 0 Å². The highest BCUT2D eigenvalue weighted by Crippen LogP contribution is 2.33. The number of fused-ring (bicyclic) bond motifs is 1. The van der Waals surface area contributed by atoms with Crippen LogP contribution in [0.3, 0.4) is 0 Å². The van der Waals surface area contributed by atoms with Gasteiger partial charge in [-0.15, -0.1) is 11.3 Å². The second kappa shape index (κ2) is 5.32. The number of hydrogen-bond donors (Lipinski definition) is 2. The van der Waals surface area contributed by atoms with E-state index in [9.17, 15) is 4.79 Å². The molecule has 18 heavy (non-hydrogen) atoms. The van der Waals surface area contributed by atoms with Gasteiger partial charge in [-0.25, -0.2) is 0 Å². The minimum atomic E-state index is -0.0380. The molecule has 0 fully saturated rings. The number of nitrogen functional groups attached to an aromatic ring is 1. The summed E-state index contributed by atoms with van der Waals surface area (Å²) in [5.41, 5.74) is 6.58. The lowest BCUT2D eigenvalue weighted by molar-refractivity contribution is 0.0802. The molecule has 2 heterocycles. The maximum absolute atomic E-state index is 12.2. The molecule has 1 amide bonds. The van der Waals surface area contributed by atoms with Gasteiger partial charge in [0.25, 0.3) is 5.91 Å². The van der Waals surface area contributed by atoms with Crippen molar-refractivity contribution >= 4 is 33.0 Å². The molecule has 6 heteroatoms. The van der Waals surface area contributed by atoms with Crippen LogP contribution in [0.25, 0.3) is 10.1 Å². The van der Waals surface area contributed by atoms with Gasteiger partial charge in [-0.2, -0.15) is 0 Å². The minimum Gasteiger partial charge on any atom is -0.397 e. The first-order valence-corrected chi connectivity index (χ1v) is 6.49. The van der Waals surface area contributed by atoms with Gasteiger partial charge in [0.15, 0.2) is 0 Å². The summed E-state index contributed by atoms with van der Waals surface area (Å²) in [6, 6.07) is 1.84. The maximum atomic E-state index is 12.2. The van der Waals surface area contributed by atoms with Crippen molar-refractivity contribution in [2.75, 3.05) is 32.9 Å². The third-order valence-corrected chi connectivity index (χ3v) is 3.91. The van der Waals surface area contributed by atoms with Crippen molar-refractivity contribution in [2.45, 2.75) is 0 Å². The van der Waals surface area contributed by atoms with E-state index in [0.29, 0.717) is 17.1 Å². The number of likely N-dealkylation sites (N-methyl/N-ethyl adjacent to an activating group) is 2. The van der Waals surface area contributed by atoms with E-state index in [1.807, 2.05) is 13.1 Å². The van der Waals surface area contributed by atoms with E-state index in [1.54, 1.807) is 24.3 Å². The molecule has 0 aliphatic rings. The van der Waals surface area contributed by atoms with Crippen molar-refractivity contribution in [2.24, 2.45) is 0 Å². The van der Waals surface area contributed by atoms with E-state index in [1.165, 1.54) is 11.3 Å². The number of carbonyl (C=O) groups is 1. The summed E-state index contributed by atoms with van der Waals surface area (Å²) < 4.78 is 0.945. The lowest BCUT2D eigenvalue weighted by Gasteiger charge is -2.16. The van der Waals surface area contributed by atoms with Crippen LogP contribution in [0.1, 0.15) is 9.67 Å². The zero-order chi connectivity index (χ0) is 13.1. The molecule has 0 aromatic carbocycles. The monoisotopic (exact) mass is 264 g/mol. The van der Waals surface area contributed by atoms with Crippen molar-refractivity contribution in [1.82, 2.24) is 15.2 Å². The first kappa shape index (κ1) is 12.8. The second-order valence-electron chi connectivity index (χ2n) is 4.05. The molecule has 5 nitrogen and oxygen atoms in total. The molecule has 3 N–H and O–H groups in total. The Labute approximate surface area is 110 Å². The summed E-state index contributed by atoms with van der Waals surface area (Å²) in [6.07, 6.45) is 3.42. The van der Waals surface area contributed by atoms with Crippen molar-refractivity contribution in [1.29, 1.82) is 0 Å². The normalized spacial score (nSPS) is 10.8. The summed E-state index contributed by atoms with van der Waals surface area (Å²) in [5.74, 6) is -0.0380. The number of amides is 1. The Balaban J connectivity index is 2.30. The first-order valence-electron chi connectivity index (χ1n) is 5.67. The third kappa shape index (κ3) is 2.30. The van der Waals surface area contributed by atoms with Crippen LogP contribution in [0.5, 0.6) is 0 Å². The van der Waals surface area contributed by atoms with Crippen LogP contribution >= 0.6 is 11.3 Å². The molecule has 0 saturated carbocycles. The number of rotatable bonds is 4. The van der Waals surface area contributed by atoms with Gasteiger partial charge >= 0.3 is 0 Å². The molecule has 0 saturated heterocycles.